The number of anilines is 1. The third-order valence-corrected chi connectivity index (χ3v) is 5.49. The Kier molecular flexibility index (Phi) is 6.03. The van der Waals surface area contributed by atoms with Crippen LogP contribution >= 0.6 is 35.0 Å². The van der Waals surface area contributed by atoms with E-state index >= 15 is 0 Å². The van der Waals surface area contributed by atoms with Crippen molar-refractivity contribution in [1.82, 2.24) is 10.3 Å². The lowest BCUT2D eigenvalue weighted by Crippen LogP contribution is -2.46. The smallest absolute Gasteiger partial charge is 0.130 e. The second-order valence-corrected chi connectivity index (χ2v) is 8.44. The van der Waals surface area contributed by atoms with Crippen LogP contribution in [-0.2, 0) is 0 Å². The first-order valence-electron chi connectivity index (χ1n) is 8.39. The van der Waals surface area contributed by atoms with Gasteiger partial charge in [-0.3, -0.25) is 4.98 Å². The van der Waals surface area contributed by atoms with Crippen LogP contribution in [0.15, 0.2) is 58.3 Å². The minimum absolute atomic E-state index is 0.247. The highest BCUT2D eigenvalue weighted by atomic mass is 35.5. The number of hydrogen-bond acceptors (Lipinski definition) is 5. The van der Waals surface area contributed by atoms with Gasteiger partial charge in [-0.2, -0.15) is 0 Å². The maximum Gasteiger partial charge on any atom is 0.130 e. The van der Waals surface area contributed by atoms with E-state index in [1.54, 1.807) is 37.1 Å². The van der Waals surface area contributed by atoms with Crippen molar-refractivity contribution in [3.05, 3.63) is 63.5 Å². The van der Waals surface area contributed by atoms with Gasteiger partial charge < -0.3 is 15.3 Å². The Morgan fingerprint density at radius 3 is 2.27 bits per heavy atom. The summed E-state index contributed by atoms with van der Waals surface area (Å²) in [5.41, 5.74) is 2.10. The monoisotopic (exact) mass is 409 g/mol. The molecule has 7 heteroatoms. The third kappa shape index (κ3) is 4.12. The van der Waals surface area contributed by atoms with Gasteiger partial charge in [0.1, 0.15) is 6.17 Å². The molecular weight excluding hydrogens is 389 g/mol. The average Bonchev–Trinajstić information content (AvgIpc) is 2.94. The van der Waals surface area contributed by atoms with Crippen LogP contribution < -0.4 is 10.2 Å². The first kappa shape index (κ1) is 19.4. The lowest BCUT2D eigenvalue weighted by atomic mass is 10.1. The number of rotatable bonds is 5. The summed E-state index contributed by atoms with van der Waals surface area (Å²) in [4.78, 5) is 7.20. The number of aliphatic hydroxyl groups is 1. The van der Waals surface area contributed by atoms with Gasteiger partial charge in [0, 0.05) is 33.0 Å². The summed E-state index contributed by atoms with van der Waals surface area (Å²) in [5, 5.41) is 16.0. The maximum absolute atomic E-state index is 10.4. The second kappa shape index (κ2) is 8.09. The van der Waals surface area contributed by atoms with Crippen LogP contribution in [0.4, 0.5) is 5.69 Å². The number of aromatic nitrogens is 1. The third-order valence-electron chi connectivity index (χ3n) is 4.05. The molecule has 2 heterocycles. The van der Waals surface area contributed by atoms with E-state index in [9.17, 15) is 5.11 Å². The van der Waals surface area contributed by atoms with Crippen molar-refractivity contribution >= 4 is 40.7 Å². The predicted molar refractivity (Wildman–Crippen MR) is 110 cm³/mol. The van der Waals surface area contributed by atoms with Crippen LogP contribution in [0.3, 0.4) is 0 Å². The summed E-state index contributed by atoms with van der Waals surface area (Å²) < 4.78 is 0. The molecule has 0 spiro atoms. The summed E-state index contributed by atoms with van der Waals surface area (Å²) in [7, 11) is 0. The maximum atomic E-state index is 10.4. The number of aliphatic hydroxyl groups excluding tert-OH is 1. The van der Waals surface area contributed by atoms with Gasteiger partial charge in [-0.05, 0) is 43.2 Å². The van der Waals surface area contributed by atoms with Crippen molar-refractivity contribution in [3.8, 4) is 0 Å². The molecule has 2 aromatic rings. The molecule has 0 saturated heterocycles. The molecule has 1 aliphatic heterocycles. The largest absolute Gasteiger partial charge is 0.389 e. The molecule has 0 saturated carbocycles. The van der Waals surface area contributed by atoms with E-state index in [4.69, 9.17) is 23.2 Å². The van der Waals surface area contributed by atoms with Crippen LogP contribution in [-0.4, -0.2) is 22.4 Å². The first-order chi connectivity index (χ1) is 12.4. The standard InChI is InChI=1S/C19H21Cl2N3OS/c1-11(2)17-19(26-16-9-13(20)8-14(21)10-16)23-18(12(3)25)24(17)15-4-6-22-7-5-15/h4-12,18,23,25H,1-3H3. The van der Waals surface area contributed by atoms with Crippen LogP contribution in [0.25, 0.3) is 0 Å². The van der Waals surface area contributed by atoms with Gasteiger partial charge >= 0.3 is 0 Å². The molecule has 0 amide bonds. The fourth-order valence-electron chi connectivity index (χ4n) is 3.00. The molecule has 2 N–H and O–H groups in total. The van der Waals surface area contributed by atoms with Crippen molar-refractivity contribution in [2.75, 3.05) is 4.90 Å². The number of benzene rings is 1. The molecule has 0 radical (unpaired) electrons. The molecule has 1 aromatic carbocycles. The van der Waals surface area contributed by atoms with Gasteiger partial charge in [0.25, 0.3) is 0 Å². The van der Waals surface area contributed by atoms with Crippen molar-refractivity contribution in [2.45, 2.75) is 37.9 Å². The molecule has 1 aliphatic rings. The zero-order valence-electron chi connectivity index (χ0n) is 14.8. The van der Waals surface area contributed by atoms with Crippen LogP contribution in [0.2, 0.25) is 10.0 Å². The SMILES string of the molecule is CC(C)C1=C(Sc2cc(Cl)cc(Cl)c2)NC(C(C)O)N1c1ccncc1. The Balaban J connectivity index is 2.04. The van der Waals surface area contributed by atoms with E-state index in [-0.39, 0.29) is 12.1 Å². The lowest BCUT2D eigenvalue weighted by Gasteiger charge is -2.32. The Labute approximate surface area is 168 Å². The van der Waals surface area contributed by atoms with Gasteiger partial charge in [0.2, 0.25) is 0 Å². The highest BCUT2D eigenvalue weighted by Gasteiger charge is 2.36. The molecule has 3 rings (SSSR count). The van der Waals surface area contributed by atoms with Gasteiger partial charge in [0.15, 0.2) is 0 Å². The number of halogens is 2. The first-order valence-corrected chi connectivity index (χ1v) is 9.96. The molecule has 2 unspecified atom stereocenters. The van der Waals surface area contributed by atoms with E-state index in [0.717, 1.165) is 21.3 Å². The number of nitrogens with zero attached hydrogens (tertiary/aromatic N) is 2. The number of nitrogens with one attached hydrogen (secondary N) is 1. The van der Waals surface area contributed by atoms with Crippen molar-refractivity contribution < 1.29 is 5.11 Å². The lowest BCUT2D eigenvalue weighted by molar-refractivity contribution is 0.156. The molecule has 0 fully saturated rings. The molecule has 0 aliphatic carbocycles. The van der Waals surface area contributed by atoms with E-state index in [2.05, 4.69) is 29.0 Å². The molecule has 1 aromatic heterocycles. The van der Waals surface area contributed by atoms with E-state index < -0.39 is 6.10 Å². The molecule has 26 heavy (non-hydrogen) atoms. The van der Waals surface area contributed by atoms with Gasteiger partial charge in [-0.25, -0.2) is 0 Å². The quantitative estimate of drug-likeness (QED) is 0.716. The number of pyridine rings is 1. The summed E-state index contributed by atoms with van der Waals surface area (Å²) >= 11 is 13.9. The Hall–Kier alpha value is -1.40. The van der Waals surface area contributed by atoms with Crippen LogP contribution in [0, 0.1) is 5.92 Å². The Morgan fingerprint density at radius 2 is 1.73 bits per heavy atom. The van der Waals surface area contributed by atoms with Gasteiger partial charge in [-0.15, -0.1) is 0 Å². The zero-order chi connectivity index (χ0) is 18.8. The fraction of sp³-hybridized carbons (Fsp3) is 0.316. The number of hydrogen-bond donors (Lipinski definition) is 2. The fourth-order valence-corrected chi connectivity index (χ4v) is 4.88. The van der Waals surface area contributed by atoms with E-state index in [1.807, 2.05) is 24.3 Å². The van der Waals surface area contributed by atoms with Crippen LogP contribution in [0.1, 0.15) is 20.8 Å². The topological polar surface area (TPSA) is 48.4 Å². The summed E-state index contributed by atoms with van der Waals surface area (Å²) in [5.74, 6) is 0.247. The molecule has 2 atom stereocenters. The summed E-state index contributed by atoms with van der Waals surface area (Å²) in [6.07, 6.45) is 2.69. The summed E-state index contributed by atoms with van der Waals surface area (Å²) in [6, 6.07) is 9.38. The minimum atomic E-state index is -0.571. The van der Waals surface area contributed by atoms with Crippen LogP contribution in [0.5, 0.6) is 0 Å². The second-order valence-electron chi connectivity index (χ2n) is 6.48. The van der Waals surface area contributed by atoms with Crippen molar-refractivity contribution in [2.24, 2.45) is 5.92 Å². The van der Waals surface area contributed by atoms with Crippen molar-refractivity contribution in [3.63, 3.8) is 0 Å². The molecular formula is C19H21Cl2N3OS. The van der Waals surface area contributed by atoms with E-state index in [0.29, 0.717) is 10.0 Å². The Morgan fingerprint density at radius 1 is 1.12 bits per heavy atom. The molecule has 0 bridgehead atoms. The normalized spacial score (nSPS) is 18.4. The summed E-state index contributed by atoms with van der Waals surface area (Å²) in [6.45, 7) is 6.07. The van der Waals surface area contributed by atoms with E-state index in [1.165, 1.54) is 0 Å². The minimum Gasteiger partial charge on any atom is -0.389 e. The predicted octanol–water partition coefficient (Wildman–Crippen LogP) is 5.12. The highest BCUT2D eigenvalue weighted by Crippen LogP contribution is 2.40. The number of thioether (sulfide) groups is 1. The Bertz CT molecular complexity index is 791. The average molecular weight is 410 g/mol. The van der Waals surface area contributed by atoms with Gasteiger partial charge in [-0.1, -0.05) is 48.8 Å². The zero-order valence-corrected chi connectivity index (χ0v) is 17.1. The molecule has 138 valence electrons. The number of allylic oxidation sites excluding steroid dienone is 1. The van der Waals surface area contributed by atoms with Gasteiger partial charge in [0.05, 0.1) is 16.8 Å². The highest BCUT2D eigenvalue weighted by molar-refractivity contribution is 8.03. The molecule has 4 nitrogen and oxygen atoms in total. The van der Waals surface area contributed by atoms with Crippen molar-refractivity contribution in [1.29, 1.82) is 0 Å².